The first-order valence-electron chi connectivity index (χ1n) is 5.30. The minimum atomic E-state index is -0.161. The van der Waals surface area contributed by atoms with Crippen LogP contribution in [0, 0.1) is 5.92 Å². The average Bonchev–Trinajstić information content (AvgIpc) is 2.06. The molecule has 4 heteroatoms. The molecule has 74 valence electrons. The first-order chi connectivity index (χ1) is 6.18. The minimum Gasteiger partial charge on any atom is -0.346 e. The Morgan fingerprint density at radius 3 is 1.92 bits per heavy atom. The Balaban J connectivity index is 0. The van der Waals surface area contributed by atoms with E-state index in [1.165, 1.54) is 28.4 Å². The van der Waals surface area contributed by atoms with E-state index in [2.05, 4.69) is 20.8 Å². The second-order valence-electron chi connectivity index (χ2n) is 3.62. The third-order valence-corrected chi connectivity index (χ3v) is 5.27. The lowest BCUT2D eigenvalue weighted by Crippen LogP contribution is -1.86. The molecule has 0 N–H and O–H groups in total. The van der Waals surface area contributed by atoms with Crippen LogP contribution in [0.3, 0.4) is 0 Å². The van der Waals surface area contributed by atoms with Crippen molar-refractivity contribution in [2.45, 2.75) is 49.1 Å². The van der Waals surface area contributed by atoms with Crippen LogP contribution in [-0.4, -0.2) is 38.5 Å². The van der Waals surface area contributed by atoms with E-state index in [1.54, 1.807) is 0 Å². The highest BCUT2D eigenvalue weighted by Crippen LogP contribution is 1.99. The zero-order valence-corrected chi connectivity index (χ0v) is 13.6. The van der Waals surface area contributed by atoms with Gasteiger partial charge in [0.05, 0.1) is 0 Å². The van der Waals surface area contributed by atoms with Gasteiger partial charge in [-0.2, -0.15) is 0 Å². The lowest BCUT2D eigenvalue weighted by Gasteiger charge is -1.93. The third-order valence-electron chi connectivity index (χ3n) is 1.67. The van der Waals surface area contributed by atoms with Crippen LogP contribution >= 0.6 is 18.1 Å². The van der Waals surface area contributed by atoms with Gasteiger partial charge in [-0.05, 0) is 0 Å². The average molecular weight is 248 g/mol. The second kappa shape index (κ2) is 16.5. The number of rotatable bonds is 6. The van der Waals surface area contributed by atoms with Gasteiger partial charge in [0.1, 0.15) is 0 Å². The Morgan fingerprint density at radius 1 is 1.08 bits per heavy atom. The van der Waals surface area contributed by atoms with Crippen molar-refractivity contribution in [1.82, 2.24) is 0 Å². The first kappa shape index (κ1) is 17.5. The highest BCUT2D eigenvalue weighted by Gasteiger charge is 1.92. The maximum atomic E-state index is 5.58. The summed E-state index contributed by atoms with van der Waals surface area (Å²) in [6.45, 7) is 6.63. The van der Waals surface area contributed by atoms with Crippen molar-refractivity contribution in [1.29, 1.82) is 0 Å². The van der Waals surface area contributed by atoms with Gasteiger partial charge >= 0.3 is 38.5 Å². The zero-order valence-electron chi connectivity index (χ0n) is 9.28. The smallest absolute Gasteiger partial charge is 0.346 e. The highest BCUT2D eigenvalue weighted by molar-refractivity contribution is 6.93. The van der Waals surface area contributed by atoms with Crippen LogP contribution in [0.15, 0.2) is 0 Å². The fourth-order valence-electron chi connectivity index (χ4n) is 0.739. The van der Waals surface area contributed by atoms with Crippen molar-refractivity contribution in [2.75, 3.05) is 0 Å². The summed E-state index contributed by atoms with van der Waals surface area (Å²) in [7, 11) is 11.1. The van der Waals surface area contributed by atoms with Crippen LogP contribution < -0.4 is 0 Å². The van der Waals surface area contributed by atoms with Crippen LogP contribution in [0.2, 0.25) is 9.10 Å². The zero-order chi connectivity index (χ0) is 10.5. The fourth-order valence-corrected chi connectivity index (χ4v) is 3.59. The van der Waals surface area contributed by atoms with E-state index in [0.717, 1.165) is 5.92 Å². The topological polar surface area (TPSA) is 0 Å². The molecule has 13 heavy (non-hydrogen) atoms. The Bertz CT molecular complexity index is 76.0. The molecule has 0 bridgehead atoms. The van der Waals surface area contributed by atoms with Gasteiger partial charge < -0.3 is 18.1 Å². The summed E-state index contributed by atoms with van der Waals surface area (Å²) >= 11 is -0.295. The molecule has 0 saturated carbocycles. The Kier molecular flexibility index (Phi) is 22.3. The maximum Gasteiger partial charge on any atom is 0.501 e. The van der Waals surface area contributed by atoms with Gasteiger partial charge in [-0.3, -0.25) is 0 Å². The van der Waals surface area contributed by atoms with E-state index in [4.69, 9.17) is 18.1 Å². The first-order valence-corrected chi connectivity index (χ1v) is 11.6. The molecule has 0 amide bonds. The van der Waals surface area contributed by atoms with Crippen molar-refractivity contribution < 1.29 is 0 Å². The van der Waals surface area contributed by atoms with Gasteiger partial charge in [0.15, 0.2) is 0 Å². The van der Waals surface area contributed by atoms with E-state index >= 15 is 0 Å². The standard InChI is InChI=1S/C5H11.C4H9.2ClH.2Mg/c1-3-5-4-2;1-4(2)3;;;;/h1,3-5H2,2H3;4H,1H2,2-3H3;2*1H;;/q;;;;2*+1/p-2. The van der Waals surface area contributed by atoms with Gasteiger partial charge in [0, 0.05) is 0 Å². The minimum absolute atomic E-state index is 0.134. The molecule has 0 aliphatic heterocycles. The molecule has 0 saturated heterocycles. The number of hydrogen-bond donors (Lipinski definition) is 0. The molecule has 0 fully saturated rings. The molecule has 0 aromatic carbocycles. The van der Waals surface area contributed by atoms with Crippen LogP contribution in [0.1, 0.15) is 40.0 Å². The largest absolute Gasteiger partial charge is 0.501 e. The summed E-state index contributed by atoms with van der Waals surface area (Å²) in [6, 6.07) is 0. The highest BCUT2D eigenvalue weighted by atomic mass is 35.5. The molecule has 0 aliphatic rings. The molecule has 0 atom stereocenters. The Morgan fingerprint density at radius 2 is 1.69 bits per heavy atom. The fraction of sp³-hybridized carbons (Fsp3) is 1.00. The molecular formula is C9H20Cl2Mg2. The third kappa shape index (κ3) is 24.9. The quantitative estimate of drug-likeness (QED) is 0.483. The monoisotopic (exact) mass is 246 g/mol. The molecule has 0 spiro atoms. The second-order valence-corrected chi connectivity index (χ2v) is 7.93. The van der Waals surface area contributed by atoms with Gasteiger partial charge in [-0.1, -0.05) is 46.0 Å². The summed E-state index contributed by atoms with van der Waals surface area (Å²) in [5.74, 6) is 0.828. The Labute approximate surface area is 111 Å². The van der Waals surface area contributed by atoms with Crippen molar-refractivity contribution in [2.24, 2.45) is 5.92 Å². The summed E-state index contributed by atoms with van der Waals surface area (Å²) in [5.41, 5.74) is 0. The predicted octanol–water partition coefficient (Wildman–Crippen LogP) is 4.37. The Hall–Kier alpha value is 2.11. The van der Waals surface area contributed by atoms with Gasteiger partial charge in [-0.25, -0.2) is 0 Å². The van der Waals surface area contributed by atoms with E-state index in [9.17, 15) is 0 Å². The lowest BCUT2D eigenvalue weighted by molar-refractivity contribution is 0.734. The van der Waals surface area contributed by atoms with Crippen LogP contribution in [0.5, 0.6) is 0 Å². The lowest BCUT2D eigenvalue weighted by atomic mass is 10.3. The molecule has 0 radical (unpaired) electrons. The van der Waals surface area contributed by atoms with E-state index in [0.29, 0.717) is 0 Å². The molecule has 0 nitrogen and oxygen atoms in total. The summed E-state index contributed by atoms with van der Waals surface area (Å²) < 4.78 is 2.61. The summed E-state index contributed by atoms with van der Waals surface area (Å²) in [6.07, 6.45) is 4.07. The summed E-state index contributed by atoms with van der Waals surface area (Å²) in [4.78, 5) is 0. The molecule has 0 heterocycles. The van der Waals surface area contributed by atoms with Crippen molar-refractivity contribution >= 4 is 56.7 Å². The number of halogens is 2. The maximum absolute atomic E-state index is 5.58. The van der Waals surface area contributed by atoms with Gasteiger partial charge in [0.25, 0.3) is 0 Å². The van der Waals surface area contributed by atoms with Crippen LogP contribution in [-0.2, 0) is 0 Å². The van der Waals surface area contributed by atoms with E-state index in [-0.39, 0.29) is 38.5 Å². The number of unbranched alkanes of at least 4 members (excludes halogenated alkanes) is 2. The summed E-state index contributed by atoms with van der Waals surface area (Å²) in [5, 5.41) is 0. The van der Waals surface area contributed by atoms with E-state index in [1.807, 2.05) is 0 Å². The SMILES string of the molecule is CC(C)[CH2][Mg][Cl].CCCC[CH2][Mg][Cl]. The van der Waals surface area contributed by atoms with Crippen molar-refractivity contribution in [3.8, 4) is 0 Å². The van der Waals surface area contributed by atoms with E-state index < -0.39 is 0 Å². The molecule has 0 aromatic rings. The predicted molar refractivity (Wildman–Crippen MR) is 67.2 cm³/mol. The molecule has 0 aliphatic carbocycles. The number of hydrogen-bond acceptors (Lipinski definition) is 0. The normalized spacial score (nSPS) is 8.46. The molecular weight excluding hydrogens is 228 g/mol. The molecule has 0 aromatic heterocycles. The molecule has 0 rings (SSSR count). The van der Waals surface area contributed by atoms with Crippen LogP contribution in [0.4, 0.5) is 0 Å². The molecule has 0 unspecified atom stereocenters. The van der Waals surface area contributed by atoms with Crippen molar-refractivity contribution in [3.63, 3.8) is 0 Å². The van der Waals surface area contributed by atoms with Gasteiger partial charge in [0.2, 0.25) is 0 Å². The van der Waals surface area contributed by atoms with Gasteiger partial charge in [-0.15, -0.1) is 9.10 Å². The van der Waals surface area contributed by atoms with Crippen LogP contribution in [0.25, 0.3) is 0 Å². The van der Waals surface area contributed by atoms with Crippen molar-refractivity contribution in [3.05, 3.63) is 0 Å².